The quantitative estimate of drug-likeness (QED) is 0.409. The molecule has 3 aromatic carbocycles. The second-order valence-corrected chi connectivity index (χ2v) is 9.90. The van der Waals surface area contributed by atoms with Crippen molar-refractivity contribution in [2.45, 2.75) is 57.1 Å². The van der Waals surface area contributed by atoms with Crippen LogP contribution >= 0.6 is 0 Å². The molecular weight excluding hydrogens is 469 g/mol. The number of carbonyl (C=O) groups is 1. The van der Waals surface area contributed by atoms with Gasteiger partial charge in [0, 0.05) is 6.54 Å². The number of amides is 1. The normalized spacial score (nSPS) is 22.3. The number of ether oxygens (including phenoxy) is 3. The summed E-state index contributed by atoms with van der Waals surface area (Å²) in [6.07, 6.45) is 1.53. The summed E-state index contributed by atoms with van der Waals surface area (Å²) < 4.78 is 31.6. The van der Waals surface area contributed by atoms with Gasteiger partial charge in [0.15, 0.2) is 0 Å². The molecule has 0 radical (unpaired) electrons. The third-order valence-corrected chi connectivity index (χ3v) is 7.15. The molecule has 37 heavy (non-hydrogen) atoms. The zero-order valence-corrected chi connectivity index (χ0v) is 21.2. The van der Waals surface area contributed by atoms with Crippen molar-refractivity contribution in [2.75, 3.05) is 19.8 Å². The summed E-state index contributed by atoms with van der Waals surface area (Å²) in [7, 11) is 0. The van der Waals surface area contributed by atoms with Gasteiger partial charge in [0.25, 0.3) is 5.91 Å². The zero-order chi connectivity index (χ0) is 25.6. The van der Waals surface area contributed by atoms with E-state index in [-0.39, 0.29) is 30.0 Å². The lowest BCUT2D eigenvalue weighted by Crippen LogP contribution is -2.48. The number of hydrogen-bond acceptors (Lipinski definition) is 4. The Morgan fingerprint density at radius 1 is 1.03 bits per heavy atom. The molecule has 4 atom stereocenters. The predicted octanol–water partition coefficient (Wildman–Crippen LogP) is 5.47. The van der Waals surface area contributed by atoms with Gasteiger partial charge in [-0.05, 0) is 60.6 Å². The Morgan fingerprint density at radius 3 is 2.54 bits per heavy atom. The first-order valence-electron chi connectivity index (χ1n) is 13.1. The molecule has 0 N–H and O–H groups in total. The highest BCUT2D eigenvalue weighted by Gasteiger charge is 2.37. The van der Waals surface area contributed by atoms with Crippen LogP contribution in [-0.2, 0) is 32.0 Å². The average Bonchev–Trinajstić information content (AvgIpc) is 2.93. The highest BCUT2D eigenvalue weighted by molar-refractivity contribution is 5.82. The Morgan fingerprint density at radius 2 is 1.78 bits per heavy atom. The van der Waals surface area contributed by atoms with E-state index in [0.29, 0.717) is 32.8 Å². The van der Waals surface area contributed by atoms with Crippen molar-refractivity contribution < 1.29 is 23.4 Å². The molecule has 2 aliphatic heterocycles. The Kier molecular flexibility index (Phi) is 8.29. The molecule has 0 saturated carbocycles. The second kappa shape index (κ2) is 12.0. The van der Waals surface area contributed by atoms with E-state index >= 15 is 0 Å². The van der Waals surface area contributed by atoms with Gasteiger partial charge < -0.3 is 19.1 Å². The molecule has 6 heteroatoms. The van der Waals surface area contributed by atoms with Crippen molar-refractivity contribution in [1.29, 1.82) is 0 Å². The minimum atomic E-state index is -0.502. The lowest BCUT2D eigenvalue weighted by molar-refractivity contribution is -0.160. The van der Waals surface area contributed by atoms with Gasteiger partial charge in [0.1, 0.15) is 11.9 Å². The molecule has 1 unspecified atom stereocenters. The Balaban J connectivity index is 1.17. The van der Waals surface area contributed by atoms with Crippen molar-refractivity contribution in [1.82, 2.24) is 4.90 Å². The maximum atomic E-state index is 13.7. The fourth-order valence-electron chi connectivity index (χ4n) is 5.31. The van der Waals surface area contributed by atoms with Gasteiger partial charge in [-0.2, -0.15) is 0 Å². The van der Waals surface area contributed by atoms with Gasteiger partial charge in [-0.15, -0.1) is 0 Å². The van der Waals surface area contributed by atoms with Crippen LogP contribution in [0.3, 0.4) is 0 Å². The first-order valence-corrected chi connectivity index (χ1v) is 13.1. The first-order chi connectivity index (χ1) is 18.1. The smallest absolute Gasteiger partial charge is 0.252 e. The minimum Gasteiger partial charge on any atom is -0.374 e. The van der Waals surface area contributed by atoms with Crippen LogP contribution in [0, 0.1) is 5.82 Å². The topological polar surface area (TPSA) is 48.0 Å². The summed E-state index contributed by atoms with van der Waals surface area (Å²) >= 11 is 0. The standard InChI is InChI=1S/C31H34FNO4/c1-22(19-35-20-23-7-3-2-4-8-23)37-27-15-16-29(36-21-27)31(34)33-18-17-24-9-5-6-10-28(24)30(33)25-11-13-26(32)14-12-25/h2-14,22,27,29-30H,15-21H2,1H3/t22-,27?,29-,30+/m1/s1. The third kappa shape index (κ3) is 6.27. The molecular formula is C31H34FNO4. The Hall–Kier alpha value is -3.06. The lowest BCUT2D eigenvalue weighted by atomic mass is 9.87. The van der Waals surface area contributed by atoms with E-state index in [1.54, 1.807) is 12.1 Å². The lowest BCUT2D eigenvalue weighted by Gasteiger charge is -2.40. The first kappa shape index (κ1) is 25.6. The van der Waals surface area contributed by atoms with E-state index in [1.807, 2.05) is 54.3 Å². The van der Waals surface area contributed by atoms with Gasteiger partial charge in [-0.3, -0.25) is 4.79 Å². The monoisotopic (exact) mass is 503 g/mol. The summed E-state index contributed by atoms with van der Waals surface area (Å²) in [6.45, 7) is 4.04. The molecule has 0 spiro atoms. The van der Waals surface area contributed by atoms with Crippen molar-refractivity contribution in [3.63, 3.8) is 0 Å². The summed E-state index contributed by atoms with van der Waals surface area (Å²) in [4.78, 5) is 15.6. The largest absolute Gasteiger partial charge is 0.374 e. The molecule has 0 bridgehead atoms. The van der Waals surface area contributed by atoms with Crippen molar-refractivity contribution in [2.24, 2.45) is 0 Å². The van der Waals surface area contributed by atoms with Gasteiger partial charge in [-0.25, -0.2) is 4.39 Å². The van der Waals surface area contributed by atoms with Crippen LogP contribution in [0.25, 0.3) is 0 Å². The van der Waals surface area contributed by atoms with Gasteiger partial charge in [-0.1, -0.05) is 66.7 Å². The molecule has 0 aliphatic carbocycles. The molecule has 2 heterocycles. The van der Waals surface area contributed by atoms with Crippen LogP contribution in [-0.4, -0.2) is 48.9 Å². The molecule has 3 aromatic rings. The van der Waals surface area contributed by atoms with E-state index < -0.39 is 6.10 Å². The summed E-state index contributed by atoms with van der Waals surface area (Å²) in [5, 5.41) is 0. The number of hydrogen-bond donors (Lipinski definition) is 0. The van der Waals surface area contributed by atoms with E-state index in [9.17, 15) is 9.18 Å². The van der Waals surface area contributed by atoms with Gasteiger partial charge >= 0.3 is 0 Å². The SMILES string of the molecule is C[C@H](COCc1ccccc1)OC1CC[C@H](C(=O)N2CCc3ccccc3[C@@H]2c2ccc(F)cc2)OC1. The molecule has 5 rings (SSSR count). The highest BCUT2D eigenvalue weighted by atomic mass is 19.1. The molecule has 0 aromatic heterocycles. The van der Waals surface area contributed by atoms with E-state index in [1.165, 1.54) is 17.7 Å². The van der Waals surface area contributed by atoms with Crippen molar-refractivity contribution in [3.05, 3.63) is 107 Å². The number of halogens is 1. The fourth-order valence-corrected chi connectivity index (χ4v) is 5.31. The molecule has 1 saturated heterocycles. The van der Waals surface area contributed by atoms with E-state index in [2.05, 4.69) is 12.1 Å². The van der Waals surface area contributed by atoms with Crippen LogP contribution in [0.15, 0.2) is 78.9 Å². The average molecular weight is 504 g/mol. The summed E-state index contributed by atoms with van der Waals surface area (Å²) in [5.74, 6) is -0.298. The maximum Gasteiger partial charge on any atom is 0.252 e. The number of fused-ring (bicyclic) bond motifs is 1. The third-order valence-electron chi connectivity index (χ3n) is 7.15. The van der Waals surface area contributed by atoms with Crippen LogP contribution in [0.2, 0.25) is 0 Å². The van der Waals surface area contributed by atoms with E-state index in [0.717, 1.165) is 29.5 Å². The zero-order valence-electron chi connectivity index (χ0n) is 21.2. The Labute approximate surface area is 218 Å². The molecule has 1 fully saturated rings. The van der Waals surface area contributed by atoms with Crippen LogP contribution in [0.1, 0.15) is 48.1 Å². The summed E-state index contributed by atoms with van der Waals surface area (Å²) in [5.41, 5.74) is 4.36. The number of benzene rings is 3. The Bertz CT molecular complexity index is 1160. The van der Waals surface area contributed by atoms with Crippen LogP contribution in [0.4, 0.5) is 4.39 Å². The van der Waals surface area contributed by atoms with Crippen molar-refractivity contribution in [3.8, 4) is 0 Å². The number of nitrogens with zero attached hydrogens (tertiary/aromatic N) is 1. The predicted molar refractivity (Wildman–Crippen MR) is 140 cm³/mol. The van der Waals surface area contributed by atoms with Gasteiger partial charge in [0.05, 0.1) is 38.1 Å². The molecule has 5 nitrogen and oxygen atoms in total. The minimum absolute atomic E-state index is 0.0125. The van der Waals surface area contributed by atoms with Crippen LogP contribution < -0.4 is 0 Å². The molecule has 194 valence electrons. The van der Waals surface area contributed by atoms with Gasteiger partial charge in [0.2, 0.25) is 0 Å². The summed E-state index contributed by atoms with van der Waals surface area (Å²) in [6, 6.07) is 24.5. The number of carbonyl (C=O) groups excluding carboxylic acids is 1. The van der Waals surface area contributed by atoms with E-state index in [4.69, 9.17) is 14.2 Å². The van der Waals surface area contributed by atoms with Crippen molar-refractivity contribution >= 4 is 5.91 Å². The second-order valence-electron chi connectivity index (χ2n) is 9.90. The fraction of sp³-hybridized carbons (Fsp3) is 0.387. The van der Waals surface area contributed by atoms with Crippen LogP contribution in [0.5, 0.6) is 0 Å². The maximum absolute atomic E-state index is 13.7. The molecule has 2 aliphatic rings. The highest BCUT2D eigenvalue weighted by Crippen LogP contribution is 2.36. The molecule has 1 amide bonds. The number of rotatable bonds is 8.